The minimum Gasteiger partial charge on any atom is -0.395 e. The van der Waals surface area contributed by atoms with Crippen molar-refractivity contribution in [3.8, 4) is 0 Å². The van der Waals surface area contributed by atoms with Crippen LogP contribution in [0.2, 0.25) is 0 Å². The van der Waals surface area contributed by atoms with E-state index in [-0.39, 0.29) is 6.61 Å². The fourth-order valence-corrected chi connectivity index (χ4v) is 3.91. The number of nitrogens with zero attached hydrogens (tertiary/aromatic N) is 1. The molecule has 0 aromatic carbocycles. The van der Waals surface area contributed by atoms with Crippen molar-refractivity contribution < 1.29 is 5.11 Å². The number of nitrogens with one attached hydrogen (secondary N) is 1. The van der Waals surface area contributed by atoms with Crippen LogP contribution in [-0.2, 0) is 0 Å². The molecule has 3 heteroatoms. The minimum atomic E-state index is 0.282. The maximum Gasteiger partial charge on any atom is 0.0558 e. The van der Waals surface area contributed by atoms with E-state index in [9.17, 15) is 5.11 Å². The van der Waals surface area contributed by atoms with Crippen LogP contribution in [0.4, 0.5) is 0 Å². The summed E-state index contributed by atoms with van der Waals surface area (Å²) in [7, 11) is 0. The lowest BCUT2D eigenvalue weighted by atomic mass is 9.70. The minimum absolute atomic E-state index is 0.282. The van der Waals surface area contributed by atoms with E-state index in [1.54, 1.807) is 0 Å². The monoisotopic (exact) mass is 298 g/mol. The van der Waals surface area contributed by atoms with Crippen molar-refractivity contribution in [3.63, 3.8) is 0 Å². The Labute approximate surface area is 132 Å². The van der Waals surface area contributed by atoms with Gasteiger partial charge in [0.1, 0.15) is 0 Å². The predicted octanol–water partition coefficient (Wildman–Crippen LogP) is 3.28. The molecular formula is C18H38N2O. The maximum atomic E-state index is 9.45. The standard InChI is InChI=1S/C18H38N2O/c1-5-17(6-2)20(12-13-21)15-18(14-19-7-3)10-8-16(4)9-11-18/h16-17,19,21H,5-15H2,1-4H3. The van der Waals surface area contributed by atoms with Crippen molar-refractivity contribution in [2.24, 2.45) is 11.3 Å². The molecule has 0 radical (unpaired) electrons. The van der Waals surface area contributed by atoms with Crippen molar-refractivity contribution in [2.75, 3.05) is 32.8 Å². The fourth-order valence-electron chi connectivity index (χ4n) is 3.91. The molecule has 0 heterocycles. The zero-order chi connectivity index (χ0) is 15.7. The number of aliphatic hydroxyl groups excluding tert-OH is 1. The molecule has 0 aromatic heterocycles. The highest BCUT2D eigenvalue weighted by Crippen LogP contribution is 2.39. The van der Waals surface area contributed by atoms with Gasteiger partial charge in [-0.05, 0) is 43.6 Å². The van der Waals surface area contributed by atoms with Gasteiger partial charge in [0.15, 0.2) is 0 Å². The zero-order valence-electron chi connectivity index (χ0n) is 14.8. The highest BCUT2D eigenvalue weighted by Gasteiger charge is 2.36. The Morgan fingerprint density at radius 3 is 2.29 bits per heavy atom. The molecule has 0 spiro atoms. The van der Waals surface area contributed by atoms with Crippen LogP contribution in [0.15, 0.2) is 0 Å². The summed E-state index contributed by atoms with van der Waals surface area (Å²) in [5.41, 5.74) is 0.417. The molecule has 1 aliphatic carbocycles. The van der Waals surface area contributed by atoms with Gasteiger partial charge in [0.25, 0.3) is 0 Å². The van der Waals surface area contributed by atoms with Crippen LogP contribution < -0.4 is 5.32 Å². The first kappa shape index (κ1) is 18.9. The SMILES string of the molecule is CCNCC1(CN(CCO)C(CC)CC)CCC(C)CC1. The number of aliphatic hydroxyl groups is 1. The summed E-state index contributed by atoms with van der Waals surface area (Å²) in [6.45, 7) is 13.6. The van der Waals surface area contributed by atoms with Gasteiger partial charge in [-0.3, -0.25) is 4.90 Å². The Bertz CT molecular complexity index is 252. The van der Waals surface area contributed by atoms with Crippen molar-refractivity contribution in [1.29, 1.82) is 0 Å². The molecule has 0 aliphatic heterocycles. The van der Waals surface area contributed by atoms with Crippen LogP contribution in [0.3, 0.4) is 0 Å². The van der Waals surface area contributed by atoms with Gasteiger partial charge in [-0.1, -0.05) is 40.5 Å². The summed E-state index contributed by atoms with van der Waals surface area (Å²) in [5, 5.41) is 13.1. The maximum absolute atomic E-state index is 9.45. The molecular weight excluding hydrogens is 260 g/mol. The van der Waals surface area contributed by atoms with Crippen LogP contribution >= 0.6 is 0 Å². The second kappa shape index (κ2) is 9.81. The van der Waals surface area contributed by atoms with Crippen LogP contribution in [0, 0.1) is 11.3 Å². The Morgan fingerprint density at radius 2 is 1.81 bits per heavy atom. The van der Waals surface area contributed by atoms with Gasteiger partial charge in [0.2, 0.25) is 0 Å². The molecule has 126 valence electrons. The summed E-state index contributed by atoms with van der Waals surface area (Å²) in [6.07, 6.45) is 7.77. The Kier molecular flexibility index (Phi) is 8.84. The van der Waals surface area contributed by atoms with Crippen molar-refractivity contribution in [1.82, 2.24) is 10.2 Å². The first-order valence-electron chi connectivity index (χ1n) is 9.16. The van der Waals surface area contributed by atoms with Crippen molar-refractivity contribution >= 4 is 0 Å². The third-order valence-electron chi connectivity index (χ3n) is 5.47. The second-order valence-corrected chi connectivity index (χ2v) is 7.13. The van der Waals surface area contributed by atoms with Gasteiger partial charge in [-0.15, -0.1) is 0 Å². The predicted molar refractivity (Wildman–Crippen MR) is 91.6 cm³/mol. The fraction of sp³-hybridized carbons (Fsp3) is 1.00. The molecule has 1 saturated carbocycles. The van der Waals surface area contributed by atoms with Crippen molar-refractivity contribution in [3.05, 3.63) is 0 Å². The average Bonchev–Trinajstić information content (AvgIpc) is 2.49. The van der Waals surface area contributed by atoms with E-state index in [4.69, 9.17) is 0 Å². The largest absolute Gasteiger partial charge is 0.395 e. The van der Waals surface area contributed by atoms with Crippen molar-refractivity contribution in [2.45, 2.75) is 72.3 Å². The molecule has 0 amide bonds. The first-order valence-corrected chi connectivity index (χ1v) is 9.16. The van der Waals surface area contributed by atoms with E-state index in [1.807, 2.05) is 0 Å². The third-order valence-corrected chi connectivity index (χ3v) is 5.47. The highest BCUT2D eigenvalue weighted by molar-refractivity contribution is 4.90. The molecule has 0 unspecified atom stereocenters. The van der Waals surface area contributed by atoms with E-state index in [2.05, 4.69) is 37.9 Å². The zero-order valence-corrected chi connectivity index (χ0v) is 14.8. The Hall–Kier alpha value is -0.120. The molecule has 0 atom stereocenters. The molecule has 21 heavy (non-hydrogen) atoms. The molecule has 0 aromatic rings. The summed E-state index contributed by atoms with van der Waals surface area (Å²) in [4.78, 5) is 2.56. The lowest BCUT2D eigenvalue weighted by molar-refractivity contribution is 0.0492. The molecule has 3 nitrogen and oxygen atoms in total. The van der Waals surface area contributed by atoms with Crippen LogP contribution in [-0.4, -0.2) is 48.8 Å². The second-order valence-electron chi connectivity index (χ2n) is 7.13. The average molecular weight is 299 g/mol. The van der Waals surface area contributed by atoms with Gasteiger partial charge in [-0.2, -0.15) is 0 Å². The van der Waals surface area contributed by atoms with Gasteiger partial charge >= 0.3 is 0 Å². The van der Waals surface area contributed by atoms with Gasteiger partial charge in [-0.25, -0.2) is 0 Å². The summed E-state index contributed by atoms with van der Waals surface area (Å²) >= 11 is 0. The molecule has 1 aliphatic rings. The lowest BCUT2D eigenvalue weighted by Crippen LogP contribution is -2.49. The van der Waals surface area contributed by atoms with E-state index >= 15 is 0 Å². The van der Waals surface area contributed by atoms with Crippen LogP contribution in [0.1, 0.15) is 66.2 Å². The quantitative estimate of drug-likeness (QED) is 0.650. The molecule has 0 bridgehead atoms. The number of rotatable bonds is 10. The Balaban J connectivity index is 2.76. The molecule has 1 rings (SSSR count). The summed E-state index contributed by atoms with van der Waals surface area (Å²) < 4.78 is 0. The summed E-state index contributed by atoms with van der Waals surface area (Å²) in [6, 6.07) is 0.620. The highest BCUT2D eigenvalue weighted by atomic mass is 16.3. The molecule has 1 fully saturated rings. The van der Waals surface area contributed by atoms with E-state index in [0.29, 0.717) is 11.5 Å². The third kappa shape index (κ3) is 5.88. The lowest BCUT2D eigenvalue weighted by Gasteiger charge is -2.45. The van der Waals surface area contributed by atoms with Gasteiger partial charge < -0.3 is 10.4 Å². The van der Waals surface area contributed by atoms with Crippen LogP contribution in [0.5, 0.6) is 0 Å². The topological polar surface area (TPSA) is 35.5 Å². The number of hydrogen-bond acceptors (Lipinski definition) is 3. The van der Waals surface area contributed by atoms with E-state index in [1.165, 1.54) is 38.5 Å². The summed E-state index contributed by atoms with van der Waals surface area (Å²) in [5.74, 6) is 0.888. The van der Waals surface area contributed by atoms with E-state index in [0.717, 1.165) is 32.1 Å². The normalized spacial score (nSPS) is 26.7. The smallest absolute Gasteiger partial charge is 0.0558 e. The van der Waals surface area contributed by atoms with Gasteiger partial charge in [0.05, 0.1) is 6.61 Å². The van der Waals surface area contributed by atoms with Gasteiger partial charge in [0, 0.05) is 25.7 Å². The first-order chi connectivity index (χ1) is 10.1. The van der Waals surface area contributed by atoms with Crippen LogP contribution in [0.25, 0.3) is 0 Å². The molecule has 2 N–H and O–H groups in total. The van der Waals surface area contributed by atoms with E-state index < -0.39 is 0 Å². The number of hydrogen-bond donors (Lipinski definition) is 2. The molecule has 0 saturated heterocycles. The Morgan fingerprint density at radius 1 is 1.19 bits per heavy atom.